The van der Waals surface area contributed by atoms with Gasteiger partial charge in [-0.15, -0.1) is 11.3 Å². The van der Waals surface area contributed by atoms with Crippen LogP contribution in [-0.4, -0.2) is 40.8 Å². The first kappa shape index (κ1) is 20.5. The molecule has 1 aliphatic rings. The van der Waals surface area contributed by atoms with E-state index in [9.17, 15) is 9.59 Å². The second kappa shape index (κ2) is 8.96. The maximum Gasteiger partial charge on any atom is 0.251 e. The van der Waals surface area contributed by atoms with Gasteiger partial charge in [0.2, 0.25) is 5.91 Å². The SMILES string of the molecule is CC(C)[C@H](NC(=O)c1ccccc1)C(=O)N1CCC(c2nc3ccccc3s2)CC1. The van der Waals surface area contributed by atoms with Crippen molar-refractivity contribution in [3.63, 3.8) is 0 Å². The van der Waals surface area contributed by atoms with Gasteiger partial charge in [0.05, 0.1) is 15.2 Å². The lowest BCUT2D eigenvalue weighted by molar-refractivity contribution is -0.135. The van der Waals surface area contributed by atoms with E-state index < -0.39 is 6.04 Å². The van der Waals surface area contributed by atoms with Crippen LogP contribution in [0.3, 0.4) is 0 Å². The number of carbonyl (C=O) groups is 2. The highest BCUT2D eigenvalue weighted by atomic mass is 32.1. The smallest absolute Gasteiger partial charge is 0.251 e. The first-order chi connectivity index (χ1) is 14.5. The number of aromatic nitrogens is 1. The molecule has 2 amide bonds. The van der Waals surface area contributed by atoms with Crippen LogP contribution >= 0.6 is 11.3 Å². The Hall–Kier alpha value is -2.73. The van der Waals surface area contributed by atoms with E-state index >= 15 is 0 Å². The van der Waals surface area contributed by atoms with Gasteiger partial charge in [0.25, 0.3) is 5.91 Å². The average molecular weight is 422 g/mol. The van der Waals surface area contributed by atoms with Crippen LogP contribution in [0.15, 0.2) is 54.6 Å². The Kier molecular flexibility index (Phi) is 6.13. The molecule has 30 heavy (non-hydrogen) atoms. The van der Waals surface area contributed by atoms with Crippen molar-refractivity contribution in [3.8, 4) is 0 Å². The van der Waals surface area contributed by atoms with Crippen molar-refractivity contribution in [1.29, 1.82) is 0 Å². The molecule has 6 heteroatoms. The molecule has 0 bridgehead atoms. The molecule has 5 nitrogen and oxygen atoms in total. The number of rotatable bonds is 5. The van der Waals surface area contributed by atoms with Gasteiger partial charge in [-0.25, -0.2) is 4.98 Å². The summed E-state index contributed by atoms with van der Waals surface area (Å²) in [4.78, 5) is 32.5. The van der Waals surface area contributed by atoms with Crippen LogP contribution in [-0.2, 0) is 4.79 Å². The summed E-state index contributed by atoms with van der Waals surface area (Å²) in [6, 6.07) is 16.8. The third-order valence-electron chi connectivity index (χ3n) is 5.72. The maximum atomic E-state index is 13.2. The molecule has 1 fully saturated rings. The fourth-order valence-electron chi connectivity index (χ4n) is 3.94. The number of nitrogens with one attached hydrogen (secondary N) is 1. The molecule has 0 saturated carbocycles. The van der Waals surface area contributed by atoms with Gasteiger partial charge in [0.1, 0.15) is 6.04 Å². The highest BCUT2D eigenvalue weighted by Gasteiger charge is 2.32. The molecule has 1 aliphatic heterocycles. The first-order valence-electron chi connectivity index (χ1n) is 10.5. The molecule has 3 aromatic rings. The lowest BCUT2D eigenvalue weighted by atomic mass is 9.95. The van der Waals surface area contributed by atoms with E-state index in [0.29, 0.717) is 24.6 Å². The number of piperidine rings is 1. The van der Waals surface area contributed by atoms with Crippen LogP contribution in [0.25, 0.3) is 10.2 Å². The summed E-state index contributed by atoms with van der Waals surface area (Å²) in [5.41, 5.74) is 1.63. The number of carbonyl (C=O) groups excluding carboxylic acids is 2. The number of benzene rings is 2. The van der Waals surface area contributed by atoms with Crippen LogP contribution < -0.4 is 5.32 Å². The van der Waals surface area contributed by atoms with Crippen LogP contribution in [0.1, 0.15) is 48.0 Å². The predicted molar refractivity (Wildman–Crippen MR) is 121 cm³/mol. The molecule has 0 spiro atoms. The summed E-state index contributed by atoms with van der Waals surface area (Å²) < 4.78 is 1.22. The van der Waals surface area contributed by atoms with Crippen molar-refractivity contribution in [2.45, 2.75) is 38.6 Å². The van der Waals surface area contributed by atoms with Crippen molar-refractivity contribution in [2.75, 3.05) is 13.1 Å². The number of fused-ring (bicyclic) bond motifs is 1. The zero-order valence-electron chi connectivity index (χ0n) is 17.4. The minimum Gasteiger partial charge on any atom is -0.341 e. The summed E-state index contributed by atoms with van der Waals surface area (Å²) in [5.74, 6) is 0.221. The molecule has 1 aromatic heterocycles. The van der Waals surface area contributed by atoms with Crippen molar-refractivity contribution in [1.82, 2.24) is 15.2 Å². The monoisotopic (exact) mass is 421 g/mol. The molecular formula is C24H27N3O2S. The Bertz CT molecular complexity index is 990. The quantitative estimate of drug-likeness (QED) is 0.662. The van der Waals surface area contributed by atoms with Crippen LogP contribution in [0.2, 0.25) is 0 Å². The number of hydrogen-bond acceptors (Lipinski definition) is 4. The van der Waals surface area contributed by atoms with E-state index in [1.54, 1.807) is 23.5 Å². The highest BCUT2D eigenvalue weighted by Crippen LogP contribution is 2.34. The lowest BCUT2D eigenvalue weighted by Crippen LogP contribution is -2.52. The normalized spacial score (nSPS) is 16.0. The molecule has 0 radical (unpaired) electrons. The first-order valence-corrected chi connectivity index (χ1v) is 11.3. The van der Waals surface area contributed by atoms with Gasteiger partial charge in [-0.05, 0) is 43.0 Å². The number of hydrogen-bond donors (Lipinski definition) is 1. The molecule has 156 valence electrons. The number of amides is 2. The number of para-hydroxylation sites is 1. The van der Waals surface area contributed by atoms with E-state index in [1.165, 1.54) is 9.71 Å². The molecule has 0 aliphatic carbocycles. The largest absolute Gasteiger partial charge is 0.341 e. The minimum absolute atomic E-state index is 0.0111. The molecular weight excluding hydrogens is 394 g/mol. The maximum absolute atomic E-state index is 13.2. The van der Waals surface area contributed by atoms with Crippen molar-refractivity contribution >= 4 is 33.4 Å². The van der Waals surface area contributed by atoms with Gasteiger partial charge in [-0.2, -0.15) is 0 Å². The number of likely N-dealkylation sites (tertiary alicyclic amines) is 1. The summed E-state index contributed by atoms with van der Waals surface area (Å²) in [7, 11) is 0. The van der Waals surface area contributed by atoms with E-state index in [-0.39, 0.29) is 17.7 Å². The minimum atomic E-state index is -0.517. The van der Waals surface area contributed by atoms with Crippen molar-refractivity contribution in [3.05, 3.63) is 65.2 Å². The second-order valence-corrected chi connectivity index (χ2v) is 9.24. The summed E-state index contributed by atoms with van der Waals surface area (Å²) in [6.07, 6.45) is 1.81. The van der Waals surface area contributed by atoms with E-state index in [1.807, 2.05) is 49.1 Å². The van der Waals surface area contributed by atoms with Crippen molar-refractivity contribution < 1.29 is 9.59 Å². The fourth-order valence-corrected chi connectivity index (χ4v) is 5.07. The lowest BCUT2D eigenvalue weighted by Gasteiger charge is -2.35. The Morgan fingerprint density at radius 3 is 2.37 bits per heavy atom. The second-order valence-electron chi connectivity index (χ2n) is 8.18. The Balaban J connectivity index is 1.39. The molecule has 4 rings (SSSR count). The Morgan fingerprint density at radius 1 is 1.03 bits per heavy atom. The third-order valence-corrected chi connectivity index (χ3v) is 6.92. The Labute approximate surface area is 181 Å². The summed E-state index contributed by atoms with van der Waals surface area (Å²) in [5, 5.41) is 4.12. The number of nitrogens with zero attached hydrogens (tertiary/aromatic N) is 2. The van der Waals surface area contributed by atoms with Gasteiger partial charge in [-0.1, -0.05) is 44.2 Å². The van der Waals surface area contributed by atoms with E-state index in [4.69, 9.17) is 4.98 Å². The fraction of sp³-hybridized carbons (Fsp3) is 0.375. The zero-order chi connectivity index (χ0) is 21.1. The molecule has 2 heterocycles. The molecule has 2 aromatic carbocycles. The third kappa shape index (κ3) is 4.38. The van der Waals surface area contributed by atoms with Gasteiger partial charge < -0.3 is 10.2 Å². The average Bonchev–Trinajstić information content (AvgIpc) is 3.21. The van der Waals surface area contributed by atoms with E-state index in [0.717, 1.165) is 18.4 Å². The van der Waals surface area contributed by atoms with Gasteiger partial charge >= 0.3 is 0 Å². The summed E-state index contributed by atoms with van der Waals surface area (Å²) in [6.45, 7) is 5.34. The van der Waals surface area contributed by atoms with Gasteiger partial charge in [-0.3, -0.25) is 9.59 Å². The predicted octanol–water partition coefficient (Wildman–Crippen LogP) is 4.46. The van der Waals surface area contributed by atoms with Gasteiger partial charge in [0, 0.05) is 24.6 Å². The number of thiazole rings is 1. The van der Waals surface area contributed by atoms with Crippen LogP contribution in [0.4, 0.5) is 0 Å². The van der Waals surface area contributed by atoms with Crippen LogP contribution in [0, 0.1) is 5.92 Å². The van der Waals surface area contributed by atoms with E-state index in [2.05, 4.69) is 17.4 Å². The highest BCUT2D eigenvalue weighted by molar-refractivity contribution is 7.18. The van der Waals surface area contributed by atoms with Gasteiger partial charge in [0.15, 0.2) is 0 Å². The standard InChI is InChI=1S/C24H27N3O2S/c1-16(2)21(26-22(28)17-8-4-3-5-9-17)24(29)27-14-12-18(13-15-27)23-25-19-10-6-7-11-20(19)30-23/h3-11,16,18,21H,12-15H2,1-2H3,(H,26,28)/t21-/m0/s1. The van der Waals surface area contributed by atoms with Crippen molar-refractivity contribution in [2.24, 2.45) is 5.92 Å². The molecule has 1 atom stereocenters. The van der Waals surface area contributed by atoms with Crippen LogP contribution in [0.5, 0.6) is 0 Å². The summed E-state index contributed by atoms with van der Waals surface area (Å²) >= 11 is 1.76. The Morgan fingerprint density at radius 2 is 1.70 bits per heavy atom. The molecule has 1 saturated heterocycles. The topological polar surface area (TPSA) is 62.3 Å². The molecule has 1 N–H and O–H groups in total. The molecule has 0 unspecified atom stereocenters. The zero-order valence-corrected chi connectivity index (χ0v) is 18.2.